The Hall–Kier alpha value is 1.01. The van der Waals surface area contributed by atoms with Gasteiger partial charge in [-0.05, 0) is 0 Å². The van der Waals surface area contributed by atoms with Crippen molar-refractivity contribution in [3.05, 3.63) is 42.8 Å². The molecule has 0 aliphatic carbocycles. The number of rotatable bonds is 1. The Balaban J connectivity index is -0.0000000942. The van der Waals surface area contributed by atoms with Gasteiger partial charge in [-0.25, -0.2) is 0 Å². The minimum atomic E-state index is 0. The Kier molecular flexibility index (Phi) is 28.5. The third-order valence-corrected chi connectivity index (χ3v) is 1.53. The Morgan fingerprint density at radius 3 is 2.07 bits per heavy atom. The molecule has 0 aromatic heterocycles. The molecule has 0 aliphatic rings. The molecule has 0 fully saturated rings. The van der Waals surface area contributed by atoms with Gasteiger partial charge in [-0.1, -0.05) is 34.1 Å². The Bertz CT molecular complexity index is 199. The van der Waals surface area contributed by atoms with Gasteiger partial charge in [-0.15, -0.1) is 0 Å². The van der Waals surface area contributed by atoms with Crippen molar-refractivity contribution >= 4 is 0 Å². The van der Waals surface area contributed by atoms with E-state index in [0.29, 0.717) is 0 Å². The van der Waals surface area contributed by atoms with E-state index in [1.807, 2.05) is 26.0 Å². The molecule has 79 valence electrons. The molecule has 0 amide bonds. The molecule has 0 bridgehead atoms. The van der Waals surface area contributed by atoms with Crippen molar-refractivity contribution in [2.45, 2.75) is 34.1 Å². The maximum atomic E-state index is 3.19. The van der Waals surface area contributed by atoms with Crippen molar-refractivity contribution in [3.63, 3.8) is 0 Å². The number of hydrogen-bond donors (Lipinski definition) is 0. The molecule has 0 N–H and O–H groups in total. The topological polar surface area (TPSA) is 0 Å². The smallest absolute Gasteiger partial charge is 0 e. The number of benzene rings is 1. The SMILES string of the molecule is CC.CCc1[c-]cccc1C.[CH3-].[W].[Y]. The molecule has 0 atom stereocenters. The monoisotopic (exact) mass is 437 g/mol. The van der Waals surface area contributed by atoms with Crippen molar-refractivity contribution < 1.29 is 53.8 Å². The second-order valence-electron chi connectivity index (χ2n) is 2.19. The number of hydrogen-bond acceptors (Lipinski definition) is 0. The largest absolute Gasteiger partial charge is 0.358 e. The molecule has 1 aromatic rings. The average molecular weight is 437 g/mol. The van der Waals surface area contributed by atoms with Crippen molar-refractivity contribution in [2.24, 2.45) is 0 Å². The fourth-order valence-electron chi connectivity index (χ4n) is 0.936. The molecule has 0 nitrogen and oxygen atoms in total. The fraction of sp³-hybridized carbons (Fsp3) is 0.417. The van der Waals surface area contributed by atoms with E-state index in [9.17, 15) is 0 Å². The van der Waals surface area contributed by atoms with Crippen LogP contribution in [0.4, 0.5) is 0 Å². The second-order valence-corrected chi connectivity index (χ2v) is 2.19. The van der Waals surface area contributed by atoms with Crippen LogP contribution in [0, 0.1) is 20.4 Å². The van der Waals surface area contributed by atoms with E-state index in [-0.39, 0.29) is 61.2 Å². The van der Waals surface area contributed by atoms with Crippen LogP contribution in [0.2, 0.25) is 0 Å². The third kappa shape index (κ3) is 9.56. The Morgan fingerprint density at radius 2 is 1.79 bits per heavy atom. The minimum absolute atomic E-state index is 0. The van der Waals surface area contributed by atoms with Crippen LogP contribution in [-0.2, 0) is 60.2 Å². The number of aryl methyl sites for hydroxylation is 2. The summed E-state index contributed by atoms with van der Waals surface area (Å²) in [7, 11) is 0. The maximum Gasteiger partial charge on any atom is 0 e. The van der Waals surface area contributed by atoms with Gasteiger partial charge in [0.15, 0.2) is 0 Å². The predicted octanol–water partition coefficient (Wildman–Crippen LogP) is 3.83. The zero-order valence-corrected chi connectivity index (χ0v) is 15.7. The zero-order valence-electron chi connectivity index (χ0n) is 9.92. The maximum absolute atomic E-state index is 3.19. The van der Waals surface area contributed by atoms with E-state index in [0.717, 1.165) is 6.42 Å². The average Bonchev–Trinajstić information content (AvgIpc) is 2.09. The van der Waals surface area contributed by atoms with Gasteiger partial charge in [-0.3, -0.25) is 0 Å². The van der Waals surface area contributed by atoms with Gasteiger partial charge in [-0.2, -0.15) is 35.4 Å². The van der Waals surface area contributed by atoms with E-state index in [1.165, 1.54) is 11.1 Å². The normalized spacial score (nSPS) is 6.57. The van der Waals surface area contributed by atoms with Gasteiger partial charge in [0.2, 0.25) is 0 Å². The van der Waals surface area contributed by atoms with Crippen molar-refractivity contribution in [1.82, 2.24) is 0 Å². The van der Waals surface area contributed by atoms with Gasteiger partial charge >= 0.3 is 0 Å². The van der Waals surface area contributed by atoms with E-state index in [4.69, 9.17) is 0 Å². The van der Waals surface area contributed by atoms with Crippen LogP contribution in [0.3, 0.4) is 0 Å². The summed E-state index contributed by atoms with van der Waals surface area (Å²) >= 11 is 0. The van der Waals surface area contributed by atoms with Gasteiger partial charge in [0.25, 0.3) is 0 Å². The molecule has 1 rings (SSSR count). The fourth-order valence-corrected chi connectivity index (χ4v) is 0.936. The van der Waals surface area contributed by atoms with Gasteiger partial charge < -0.3 is 7.43 Å². The molecule has 0 saturated carbocycles. The summed E-state index contributed by atoms with van der Waals surface area (Å²) in [5.74, 6) is 0. The summed E-state index contributed by atoms with van der Waals surface area (Å²) in [6.07, 6.45) is 1.09. The summed E-state index contributed by atoms with van der Waals surface area (Å²) in [5, 5.41) is 0. The first-order valence-corrected chi connectivity index (χ1v) is 4.30. The van der Waals surface area contributed by atoms with Crippen LogP contribution >= 0.6 is 0 Å². The molecule has 1 radical (unpaired) electrons. The molecule has 0 heterocycles. The van der Waals surface area contributed by atoms with Crippen molar-refractivity contribution in [1.29, 1.82) is 0 Å². The van der Waals surface area contributed by atoms with Crippen LogP contribution in [0.5, 0.6) is 0 Å². The first-order chi connectivity index (χ1) is 5.34. The first kappa shape index (κ1) is 24.3. The molecular formula is C12H20WY-2. The van der Waals surface area contributed by atoms with Crippen LogP contribution in [-0.4, -0.2) is 0 Å². The standard InChI is InChI=1S/C9H11.C2H6.CH3.W.Y/c1-3-9-7-5-4-6-8(9)2;1-2;;;/h4-6H,3H2,1-2H3;1-2H3;1H3;;/q-1;;-1;;. The zero-order chi connectivity index (χ0) is 8.69. The summed E-state index contributed by atoms with van der Waals surface area (Å²) in [4.78, 5) is 0. The van der Waals surface area contributed by atoms with Gasteiger partial charge in [0, 0.05) is 53.8 Å². The quantitative estimate of drug-likeness (QED) is 0.587. The molecule has 0 aliphatic heterocycles. The molecule has 0 spiro atoms. The molecule has 0 saturated heterocycles. The van der Waals surface area contributed by atoms with Crippen LogP contribution < -0.4 is 0 Å². The van der Waals surface area contributed by atoms with Crippen LogP contribution in [0.1, 0.15) is 31.9 Å². The summed E-state index contributed by atoms with van der Waals surface area (Å²) < 4.78 is 0. The molecule has 0 unspecified atom stereocenters. The van der Waals surface area contributed by atoms with Gasteiger partial charge in [0.1, 0.15) is 0 Å². The van der Waals surface area contributed by atoms with E-state index < -0.39 is 0 Å². The first-order valence-electron chi connectivity index (χ1n) is 4.30. The van der Waals surface area contributed by atoms with Crippen molar-refractivity contribution in [3.8, 4) is 0 Å². The van der Waals surface area contributed by atoms with Crippen LogP contribution in [0.25, 0.3) is 0 Å². The molecule has 14 heavy (non-hydrogen) atoms. The van der Waals surface area contributed by atoms with Crippen molar-refractivity contribution in [2.75, 3.05) is 0 Å². The van der Waals surface area contributed by atoms with Gasteiger partial charge in [0.05, 0.1) is 0 Å². The molecular weight excluding hydrogens is 417 g/mol. The minimum Gasteiger partial charge on any atom is -0.358 e. The third-order valence-electron chi connectivity index (χ3n) is 1.53. The molecule has 2 heteroatoms. The Labute approximate surface area is 129 Å². The Morgan fingerprint density at radius 1 is 1.29 bits per heavy atom. The summed E-state index contributed by atoms with van der Waals surface area (Å²) in [5.41, 5.74) is 2.68. The van der Waals surface area contributed by atoms with E-state index in [1.54, 1.807) is 0 Å². The predicted molar refractivity (Wildman–Crippen MR) is 57.2 cm³/mol. The summed E-state index contributed by atoms with van der Waals surface area (Å²) in [6.45, 7) is 8.27. The summed E-state index contributed by atoms with van der Waals surface area (Å²) in [6, 6.07) is 9.29. The second kappa shape index (κ2) is 16.4. The van der Waals surface area contributed by atoms with E-state index in [2.05, 4.69) is 26.0 Å². The van der Waals surface area contributed by atoms with Crippen LogP contribution in [0.15, 0.2) is 18.2 Å². The molecule has 1 aromatic carbocycles. The van der Waals surface area contributed by atoms with E-state index >= 15 is 0 Å².